The molecule has 4 heteroatoms. The van der Waals surface area contributed by atoms with Crippen molar-refractivity contribution in [2.75, 3.05) is 0 Å². The zero-order valence-corrected chi connectivity index (χ0v) is 29.1. The van der Waals surface area contributed by atoms with E-state index in [0.29, 0.717) is 5.95 Å². The van der Waals surface area contributed by atoms with Gasteiger partial charge in [-0.3, -0.25) is 4.57 Å². The van der Waals surface area contributed by atoms with Crippen LogP contribution in [0.5, 0.6) is 0 Å². The average molecular weight is 687 g/mol. The second-order valence-corrected chi connectivity index (χ2v) is 14.2. The van der Waals surface area contributed by atoms with Gasteiger partial charge in [-0.2, -0.15) is 0 Å². The molecule has 0 aliphatic heterocycles. The van der Waals surface area contributed by atoms with Gasteiger partial charge < -0.3 is 4.57 Å². The fourth-order valence-electron chi connectivity index (χ4n) is 8.96. The molecule has 0 amide bonds. The fraction of sp³-hybridized carbons (Fsp3) is 0. The van der Waals surface area contributed by atoms with E-state index in [1.54, 1.807) is 0 Å². The minimum absolute atomic E-state index is 0.656. The van der Waals surface area contributed by atoms with Gasteiger partial charge in [0.1, 0.15) is 0 Å². The maximum Gasteiger partial charge on any atom is 0.235 e. The van der Waals surface area contributed by atoms with Gasteiger partial charge in [-0.05, 0) is 80.8 Å². The molecule has 0 aliphatic carbocycles. The van der Waals surface area contributed by atoms with Crippen LogP contribution < -0.4 is 0 Å². The molecule has 3 heterocycles. The predicted octanol–water partition coefficient (Wildman–Crippen LogP) is 13.0. The Hall–Kier alpha value is -7.30. The first-order valence-electron chi connectivity index (χ1n) is 18.4. The van der Waals surface area contributed by atoms with Crippen molar-refractivity contribution in [3.63, 3.8) is 0 Å². The summed E-state index contributed by atoms with van der Waals surface area (Å²) < 4.78 is 4.62. The van der Waals surface area contributed by atoms with E-state index in [4.69, 9.17) is 9.97 Å². The maximum absolute atomic E-state index is 5.46. The summed E-state index contributed by atoms with van der Waals surface area (Å²) in [5, 5.41) is 13.4. The molecule has 4 nitrogen and oxygen atoms in total. The summed E-state index contributed by atoms with van der Waals surface area (Å²) in [6.07, 6.45) is 0. The van der Waals surface area contributed by atoms with E-state index in [1.807, 2.05) is 0 Å². The molecule has 0 atom stereocenters. The lowest BCUT2D eigenvalue weighted by molar-refractivity contribution is 1.01. The zero-order valence-electron chi connectivity index (χ0n) is 29.1. The Kier molecular flexibility index (Phi) is 6.02. The average Bonchev–Trinajstić information content (AvgIpc) is 3.76. The lowest BCUT2D eigenvalue weighted by Crippen LogP contribution is -2.03. The van der Waals surface area contributed by atoms with Crippen LogP contribution in [0, 0.1) is 0 Å². The van der Waals surface area contributed by atoms with Crippen molar-refractivity contribution in [3.8, 4) is 22.9 Å². The van der Waals surface area contributed by atoms with Gasteiger partial charge in [-0.1, -0.05) is 133 Å². The third-order valence-corrected chi connectivity index (χ3v) is 11.3. The van der Waals surface area contributed by atoms with Gasteiger partial charge in [-0.25, -0.2) is 9.97 Å². The molecule has 0 spiro atoms. The normalized spacial score (nSPS) is 12.1. The SMILES string of the molecule is c1ccc2c(-c3ccc4c5ccccc5c5ccccc5c4c3)nc(-n3c4ccccc4c4cc(-n5c6ccccc6c6ccccc65)ccc43)nc2c1. The Morgan fingerprint density at radius 3 is 1.39 bits per heavy atom. The van der Waals surface area contributed by atoms with E-state index in [1.165, 1.54) is 54.1 Å². The van der Waals surface area contributed by atoms with Crippen LogP contribution >= 0.6 is 0 Å². The maximum atomic E-state index is 5.46. The largest absolute Gasteiger partial charge is 0.309 e. The topological polar surface area (TPSA) is 35.6 Å². The molecule has 250 valence electrons. The molecule has 12 aromatic rings. The van der Waals surface area contributed by atoms with Crippen molar-refractivity contribution in [2.45, 2.75) is 0 Å². The predicted molar refractivity (Wildman–Crippen MR) is 226 cm³/mol. The first-order chi connectivity index (χ1) is 26.8. The van der Waals surface area contributed by atoms with E-state index in [2.05, 4.69) is 191 Å². The Balaban J connectivity index is 1.11. The number of rotatable bonds is 3. The molecular formula is C50H30N4. The molecule has 0 saturated heterocycles. The molecule has 12 rings (SSSR count). The fourth-order valence-corrected chi connectivity index (χ4v) is 8.96. The molecular weight excluding hydrogens is 657 g/mol. The van der Waals surface area contributed by atoms with Crippen LogP contribution in [0.3, 0.4) is 0 Å². The first-order valence-corrected chi connectivity index (χ1v) is 18.4. The number of hydrogen-bond donors (Lipinski definition) is 0. The lowest BCUT2D eigenvalue weighted by Gasteiger charge is -2.14. The Morgan fingerprint density at radius 2 is 0.759 bits per heavy atom. The van der Waals surface area contributed by atoms with Crippen LogP contribution in [0.25, 0.3) is 110 Å². The van der Waals surface area contributed by atoms with Crippen molar-refractivity contribution in [1.82, 2.24) is 19.1 Å². The lowest BCUT2D eigenvalue weighted by atomic mass is 9.92. The molecule has 0 saturated carbocycles. The third-order valence-electron chi connectivity index (χ3n) is 11.3. The molecule has 0 bridgehead atoms. The number of benzene rings is 9. The van der Waals surface area contributed by atoms with Crippen LogP contribution in [-0.2, 0) is 0 Å². The van der Waals surface area contributed by atoms with Crippen molar-refractivity contribution in [1.29, 1.82) is 0 Å². The highest BCUT2D eigenvalue weighted by molar-refractivity contribution is 6.26. The van der Waals surface area contributed by atoms with Gasteiger partial charge in [0, 0.05) is 38.2 Å². The van der Waals surface area contributed by atoms with Crippen LogP contribution in [0.2, 0.25) is 0 Å². The number of hydrogen-bond acceptors (Lipinski definition) is 2. The third kappa shape index (κ3) is 4.08. The van der Waals surface area contributed by atoms with E-state index in [-0.39, 0.29) is 0 Å². The molecule has 0 N–H and O–H groups in total. The number of para-hydroxylation sites is 4. The van der Waals surface area contributed by atoms with Crippen molar-refractivity contribution in [2.24, 2.45) is 0 Å². The van der Waals surface area contributed by atoms with Gasteiger partial charge in [0.15, 0.2) is 0 Å². The Morgan fingerprint density at radius 1 is 0.296 bits per heavy atom. The van der Waals surface area contributed by atoms with E-state index >= 15 is 0 Å². The Labute approximate surface area is 309 Å². The van der Waals surface area contributed by atoms with Crippen LogP contribution in [0.4, 0.5) is 0 Å². The monoisotopic (exact) mass is 686 g/mol. The summed E-state index contributed by atoms with van der Waals surface area (Å²) in [5.41, 5.74) is 8.55. The smallest absolute Gasteiger partial charge is 0.235 e. The number of nitrogens with zero attached hydrogens (tertiary/aromatic N) is 4. The van der Waals surface area contributed by atoms with Gasteiger partial charge in [0.05, 0.1) is 33.3 Å². The summed E-state index contributed by atoms with van der Waals surface area (Å²) in [5.74, 6) is 0.656. The van der Waals surface area contributed by atoms with Crippen LogP contribution in [-0.4, -0.2) is 19.1 Å². The van der Waals surface area contributed by atoms with Gasteiger partial charge in [0.25, 0.3) is 0 Å². The van der Waals surface area contributed by atoms with E-state index in [0.717, 1.165) is 49.7 Å². The Bertz CT molecular complexity index is 3430. The second-order valence-electron chi connectivity index (χ2n) is 14.2. The van der Waals surface area contributed by atoms with E-state index < -0.39 is 0 Å². The summed E-state index contributed by atoms with van der Waals surface area (Å²) in [7, 11) is 0. The highest BCUT2D eigenvalue weighted by Crippen LogP contribution is 2.40. The highest BCUT2D eigenvalue weighted by atomic mass is 15.2. The molecule has 0 unspecified atom stereocenters. The number of aromatic nitrogens is 4. The minimum atomic E-state index is 0.656. The first kappa shape index (κ1) is 29.3. The standard InChI is InChI=1S/C50H30N4/c1-2-15-35-33(13-1)34-14-3-4-16-36(34)42-29-31(25-27-37(35)42)49-41-20-5-9-21-44(41)51-50(52-49)54-47-24-12-8-19-40(47)43-30-32(26-28-48(43)54)53-45-22-10-6-17-38(45)39-18-7-11-23-46(39)53/h1-30H. The second kappa shape index (κ2) is 11.1. The van der Waals surface area contributed by atoms with E-state index in [9.17, 15) is 0 Å². The van der Waals surface area contributed by atoms with Gasteiger partial charge in [-0.15, -0.1) is 0 Å². The number of fused-ring (bicyclic) bond motifs is 13. The highest BCUT2D eigenvalue weighted by Gasteiger charge is 2.20. The van der Waals surface area contributed by atoms with Crippen molar-refractivity contribution < 1.29 is 0 Å². The molecule has 0 aliphatic rings. The summed E-state index contributed by atoms with van der Waals surface area (Å²) in [6, 6.07) is 65.4. The zero-order chi connectivity index (χ0) is 35.3. The summed E-state index contributed by atoms with van der Waals surface area (Å²) in [6.45, 7) is 0. The molecule has 0 fully saturated rings. The minimum Gasteiger partial charge on any atom is -0.309 e. The van der Waals surface area contributed by atoms with Gasteiger partial charge >= 0.3 is 0 Å². The molecule has 0 radical (unpaired) electrons. The van der Waals surface area contributed by atoms with Crippen LogP contribution in [0.1, 0.15) is 0 Å². The summed E-state index contributed by atoms with van der Waals surface area (Å²) >= 11 is 0. The molecule has 54 heavy (non-hydrogen) atoms. The molecule has 9 aromatic carbocycles. The van der Waals surface area contributed by atoms with Crippen molar-refractivity contribution >= 4 is 86.8 Å². The molecule has 3 aromatic heterocycles. The van der Waals surface area contributed by atoms with Crippen molar-refractivity contribution in [3.05, 3.63) is 182 Å². The van der Waals surface area contributed by atoms with Gasteiger partial charge in [0.2, 0.25) is 5.95 Å². The quantitative estimate of drug-likeness (QED) is 0.173. The van der Waals surface area contributed by atoms with Crippen LogP contribution in [0.15, 0.2) is 182 Å². The summed E-state index contributed by atoms with van der Waals surface area (Å²) in [4.78, 5) is 10.7.